The number of benzene rings is 1. The number of hydrogen-bond acceptors (Lipinski definition) is 2. The normalized spacial score (nSPS) is 9.57. The Morgan fingerprint density at radius 2 is 2.14 bits per heavy atom. The number of nitrogens with two attached hydrogens (primary N) is 1. The lowest BCUT2D eigenvalue weighted by Gasteiger charge is -2.02. The average molecular weight is 213 g/mol. The topological polar surface area (TPSA) is 65.5 Å². The molecule has 0 unspecified atom stereocenters. The van der Waals surface area contributed by atoms with Gasteiger partial charge in [-0.05, 0) is 24.3 Å². The van der Waals surface area contributed by atoms with Gasteiger partial charge in [-0.2, -0.15) is 5.43 Å². The van der Waals surface area contributed by atoms with E-state index in [2.05, 4.69) is 11.3 Å². The molecule has 76 valence electrons. The predicted molar refractivity (Wildman–Crippen MR) is 57.2 cm³/mol. The van der Waals surface area contributed by atoms with Crippen molar-refractivity contribution in [3.05, 3.63) is 29.8 Å². The van der Waals surface area contributed by atoms with Crippen LogP contribution in [0.3, 0.4) is 0 Å². The predicted octanol–water partition coefficient (Wildman–Crippen LogP) is -1.21. The van der Waals surface area contributed by atoms with Gasteiger partial charge >= 0.3 is 5.11 Å². The molecule has 0 aliphatic carbocycles. The zero-order chi connectivity index (χ0) is 10.4. The fourth-order valence-corrected chi connectivity index (χ4v) is 1.13. The first kappa shape index (κ1) is 10.9. The molecule has 0 atom stereocenters. The highest BCUT2D eigenvalue weighted by Gasteiger charge is 2.00. The van der Waals surface area contributed by atoms with E-state index in [1.54, 1.807) is 7.11 Å². The summed E-state index contributed by atoms with van der Waals surface area (Å²) in [6.07, 6.45) is 0. The summed E-state index contributed by atoms with van der Waals surface area (Å²) >= 11 is 4.95. The van der Waals surface area contributed by atoms with Crippen LogP contribution in [0.4, 0.5) is 0 Å². The van der Waals surface area contributed by atoms with E-state index in [0.29, 0.717) is 5.11 Å². The molecule has 1 rings (SSSR count). The molecule has 0 radical (unpaired) electrons. The van der Waals surface area contributed by atoms with Crippen molar-refractivity contribution in [2.45, 2.75) is 6.54 Å². The van der Waals surface area contributed by atoms with E-state index < -0.39 is 0 Å². The van der Waals surface area contributed by atoms with Crippen LogP contribution in [0.25, 0.3) is 0 Å². The van der Waals surface area contributed by atoms with Crippen LogP contribution < -0.4 is 21.3 Å². The Balaban J connectivity index is 2.47. The van der Waals surface area contributed by atoms with Crippen molar-refractivity contribution in [2.75, 3.05) is 7.11 Å². The Morgan fingerprint density at radius 1 is 1.50 bits per heavy atom. The van der Waals surface area contributed by atoms with E-state index in [9.17, 15) is 0 Å². The molecule has 0 aliphatic heterocycles. The fourth-order valence-electron chi connectivity index (χ4n) is 1.04. The Labute approximate surface area is 88.4 Å². The number of thiocarbonyl (C=S) groups is 1. The molecule has 1 aromatic carbocycles. The highest BCUT2D eigenvalue weighted by Crippen LogP contribution is 2.09. The molecule has 0 amide bonds. The minimum Gasteiger partial charge on any atom is -0.497 e. The van der Waals surface area contributed by atoms with Crippen LogP contribution in [-0.4, -0.2) is 12.2 Å². The minimum atomic E-state index is 0.667. The van der Waals surface area contributed by atoms with E-state index >= 15 is 0 Å². The average Bonchev–Trinajstić information content (AvgIpc) is 2.26. The third-order valence-corrected chi connectivity index (χ3v) is 2.17. The summed E-state index contributed by atoms with van der Waals surface area (Å²) < 4.78 is 5.06. The van der Waals surface area contributed by atoms with Gasteiger partial charge in [0.25, 0.3) is 0 Å². The van der Waals surface area contributed by atoms with Crippen LogP contribution in [0.1, 0.15) is 5.56 Å². The summed E-state index contributed by atoms with van der Waals surface area (Å²) in [5, 5.41) is 2.59. The van der Waals surface area contributed by atoms with Crippen LogP contribution >= 0.6 is 12.2 Å². The maximum absolute atomic E-state index is 5.06. The fraction of sp³-hybridized carbons (Fsp3) is 0.222. The second kappa shape index (κ2) is 5.54. The van der Waals surface area contributed by atoms with E-state index in [-0.39, 0.29) is 0 Å². The SMILES string of the molecule is COc1ccc(C[NH2+]C(=S)N[NH3+])cc1. The van der Waals surface area contributed by atoms with Gasteiger partial charge in [0.2, 0.25) is 0 Å². The highest BCUT2D eigenvalue weighted by molar-refractivity contribution is 7.79. The standard InChI is InChI=1S/C9H13N3OS/c1-13-8-4-2-7(3-5-8)6-11-9(14)12-10/h2-5H,6,10H2,1H3,(H2,11,12,14)/p+2. The maximum Gasteiger partial charge on any atom is 0.311 e. The molecule has 5 heteroatoms. The lowest BCUT2D eigenvalue weighted by molar-refractivity contribution is -0.577. The van der Waals surface area contributed by atoms with Crippen LogP contribution in [-0.2, 0) is 6.54 Å². The van der Waals surface area contributed by atoms with Crippen molar-refractivity contribution in [2.24, 2.45) is 0 Å². The van der Waals surface area contributed by atoms with Gasteiger partial charge in [0, 0.05) is 17.8 Å². The van der Waals surface area contributed by atoms with E-state index in [1.165, 1.54) is 5.56 Å². The van der Waals surface area contributed by atoms with E-state index in [1.807, 2.05) is 29.6 Å². The molecule has 4 nitrogen and oxygen atoms in total. The first-order valence-corrected chi connectivity index (χ1v) is 4.70. The van der Waals surface area contributed by atoms with Crippen LogP contribution in [0.15, 0.2) is 24.3 Å². The second-order valence-electron chi connectivity index (χ2n) is 2.80. The van der Waals surface area contributed by atoms with Gasteiger partial charge in [-0.3, -0.25) is 11.2 Å². The molecule has 0 saturated heterocycles. The van der Waals surface area contributed by atoms with Gasteiger partial charge in [-0.25, -0.2) is 0 Å². The number of ether oxygens (including phenoxy) is 1. The van der Waals surface area contributed by atoms with Gasteiger partial charge in [0.05, 0.1) is 7.11 Å². The highest BCUT2D eigenvalue weighted by atomic mass is 32.1. The summed E-state index contributed by atoms with van der Waals surface area (Å²) in [4.78, 5) is 0. The zero-order valence-electron chi connectivity index (χ0n) is 8.12. The minimum absolute atomic E-state index is 0.667. The third-order valence-electron chi connectivity index (χ3n) is 1.86. The Hall–Kier alpha value is -1.17. The first-order valence-electron chi connectivity index (χ1n) is 4.29. The van der Waals surface area contributed by atoms with Gasteiger partial charge in [0.15, 0.2) is 0 Å². The van der Waals surface area contributed by atoms with Crippen LogP contribution in [0, 0.1) is 0 Å². The summed E-state index contributed by atoms with van der Waals surface area (Å²) in [6, 6.07) is 7.90. The Kier molecular flexibility index (Phi) is 4.31. The zero-order valence-corrected chi connectivity index (χ0v) is 8.93. The molecule has 14 heavy (non-hydrogen) atoms. The molecule has 0 heterocycles. The molecule has 0 aliphatic rings. The molecule has 6 N–H and O–H groups in total. The number of hydrogen-bond donors (Lipinski definition) is 3. The molecular formula is C9H15N3OS+2. The number of quaternary nitrogens is 2. The summed E-state index contributed by atoms with van der Waals surface area (Å²) in [5.74, 6) is 4.35. The summed E-state index contributed by atoms with van der Waals surface area (Å²) in [7, 11) is 1.66. The third kappa shape index (κ3) is 3.29. The molecule has 0 fully saturated rings. The number of nitrogens with one attached hydrogen (secondary N) is 1. The Morgan fingerprint density at radius 3 is 2.64 bits per heavy atom. The molecule has 0 aromatic heterocycles. The van der Waals surface area contributed by atoms with Crippen LogP contribution in [0.5, 0.6) is 5.75 Å². The van der Waals surface area contributed by atoms with Crippen LogP contribution in [0.2, 0.25) is 0 Å². The van der Waals surface area contributed by atoms with Crippen molar-refractivity contribution in [3.8, 4) is 5.75 Å². The van der Waals surface area contributed by atoms with Crippen molar-refractivity contribution in [1.29, 1.82) is 0 Å². The lowest BCUT2D eigenvalue weighted by atomic mass is 10.2. The van der Waals surface area contributed by atoms with E-state index in [0.717, 1.165) is 12.3 Å². The molecule has 0 saturated carbocycles. The van der Waals surface area contributed by atoms with Crippen molar-refractivity contribution in [3.63, 3.8) is 0 Å². The molecule has 1 aromatic rings. The molecular weight excluding hydrogens is 198 g/mol. The van der Waals surface area contributed by atoms with Gasteiger partial charge in [-0.1, -0.05) is 0 Å². The lowest BCUT2D eigenvalue weighted by Crippen LogP contribution is -2.94. The van der Waals surface area contributed by atoms with Gasteiger partial charge in [-0.15, -0.1) is 0 Å². The smallest absolute Gasteiger partial charge is 0.311 e. The largest absolute Gasteiger partial charge is 0.497 e. The van der Waals surface area contributed by atoms with Crippen molar-refractivity contribution >= 4 is 17.3 Å². The van der Waals surface area contributed by atoms with E-state index in [4.69, 9.17) is 17.0 Å². The number of rotatable bonds is 3. The number of methoxy groups -OCH3 is 1. The molecule has 0 spiro atoms. The summed E-state index contributed by atoms with van der Waals surface area (Å²) in [6.45, 7) is 0.811. The van der Waals surface area contributed by atoms with Gasteiger partial charge < -0.3 is 4.74 Å². The second-order valence-corrected chi connectivity index (χ2v) is 3.24. The monoisotopic (exact) mass is 213 g/mol. The summed E-state index contributed by atoms with van der Waals surface area (Å²) in [5.41, 5.74) is 3.86. The van der Waals surface area contributed by atoms with Crippen molar-refractivity contribution < 1.29 is 15.9 Å². The first-order chi connectivity index (χ1) is 6.76. The molecule has 0 bridgehead atoms. The van der Waals surface area contributed by atoms with Gasteiger partial charge in [0.1, 0.15) is 12.3 Å². The van der Waals surface area contributed by atoms with Crippen molar-refractivity contribution in [1.82, 2.24) is 5.43 Å². The quantitative estimate of drug-likeness (QED) is 0.436. The maximum atomic E-state index is 5.06. The Bertz CT molecular complexity index is 299.